The molecule has 0 N–H and O–H groups in total. The highest BCUT2D eigenvalue weighted by molar-refractivity contribution is 4.56. The minimum absolute atomic E-state index is 1.02. The van der Waals surface area contributed by atoms with Gasteiger partial charge in [-0.05, 0) is 5.92 Å². The molecule has 0 spiro atoms. The van der Waals surface area contributed by atoms with Gasteiger partial charge in [-0.1, -0.05) is 78.6 Å². The molecule has 0 fully saturated rings. The van der Waals surface area contributed by atoms with Crippen LogP contribution in [0.1, 0.15) is 78.6 Å². The Morgan fingerprint density at radius 3 is 1.92 bits per heavy atom. The van der Waals surface area contributed by atoms with E-state index in [-0.39, 0.29) is 0 Å². The Bertz CT molecular complexity index is 86.0. The van der Waals surface area contributed by atoms with E-state index in [2.05, 4.69) is 20.8 Å². The van der Waals surface area contributed by atoms with Gasteiger partial charge < -0.3 is 0 Å². The van der Waals surface area contributed by atoms with Crippen LogP contribution >= 0.6 is 0 Å². The van der Waals surface area contributed by atoms with Crippen molar-refractivity contribution in [1.29, 1.82) is 0 Å². The van der Waals surface area contributed by atoms with E-state index in [1.165, 1.54) is 57.8 Å². The second kappa shape index (κ2) is 10.1. The van der Waals surface area contributed by atoms with Gasteiger partial charge in [-0.3, -0.25) is 0 Å². The van der Waals surface area contributed by atoms with Gasteiger partial charge in [-0.15, -0.1) is 0 Å². The zero-order valence-corrected chi connectivity index (χ0v) is 9.94. The van der Waals surface area contributed by atoms with E-state index < -0.39 is 0 Å². The number of hydrogen-bond donors (Lipinski definition) is 0. The van der Waals surface area contributed by atoms with Crippen LogP contribution in [-0.4, -0.2) is 0 Å². The largest absolute Gasteiger partial charge is 0.0654 e. The van der Waals surface area contributed by atoms with Crippen LogP contribution < -0.4 is 0 Å². The molecular formula is C13H28. The Balaban J connectivity index is 3.17. The molecule has 0 heteroatoms. The molecule has 0 heterocycles. The molecular weight excluding hydrogens is 156 g/mol. The molecule has 0 amide bonds. The van der Waals surface area contributed by atoms with Gasteiger partial charge in [0.25, 0.3) is 0 Å². The number of rotatable bonds is 9. The van der Waals surface area contributed by atoms with Crippen molar-refractivity contribution in [2.24, 2.45) is 5.92 Å². The Kier molecular flexibility index (Phi) is 10.1. The van der Waals surface area contributed by atoms with Gasteiger partial charge in [0.1, 0.15) is 0 Å². The third-order valence-corrected chi connectivity index (χ3v) is 2.99. The molecule has 0 aromatic carbocycles. The molecule has 0 rings (SSSR count). The maximum absolute atomic E-state index is 2.34. The fraction of sp³-hybridized carbons (Fsp3) is 1.00. The van der Waals surface area contributed by atoms with Crippen molar-refractivity contribution in [1.82, 2.24) is 0 Å². The molecule has 13 heavy (non-hydrogen) atoms. The molecule has 0 nitrogen and oxygen atoms in total. The molecule has 0 aliphatic rings. The van der Waals surface area contributed by atoms with Gasteiger partial charge in [0.15, 0.2) is 0 Å². The highest BCUT2D eigenvalue weighted by Crippen LogP contribution is 2.19. The van der Waals surface area contributed by atoms with E-state index in [0.29, 0.717) is 0 Å². The van der Waals surface area contributed by atoms with E-state index in [9.17, 15) is 0 Å². The van der Waals surface area contributed by atoms with Gasteiger partial charge in [-0.2, -0.15) is 0 Å². The van der Waals surface area contributed by atoms with E-state index >= 15 is 0 Å². The molecule has 1 unspecified atom stereocenters. The molecule has 0 saturated carbocycles. The molecule has 80 valence electrons. The molecule has 0 saturated heterocycles. The van der Waals surface area contributed by atoms with E-state index in [4.69, 9.17) is 0 Å². The van der Waals surface area contributed by atoms with Crippen molar-refractivity contribution in [2.45, 2.75) is 78.6 Å². The lowest BCUT2D eigenvalue weighted by Gasteiger charge is -2.12. The smallest absolute Gasteiger partial charge is 0.0417 e. The standard InChI is InChI=1S/C13H28/c1-4-7-8-9-10-12-13(6-3)11-5-2/h13H,4-12H2,1-3H3. The van der Waals surface area contributed by atoms with Crippen molar-refractivity contribution in [3.8, 4) is 0 Å². The highest BCUT2D eigenvalue weighted by atomic mass is 14.1. The average Bonchev–Trinajstić information content (AvgIpc) is 2.16. The third kappa shape index (κ3) is 8.33. The maximum atomic E-state index is 2.34. The fourth-order valence-electron chi connectivity index (χ4n) is 2.00. The summed E-state index contributed by atoms with van der Waals surface area (Å²) in [5, 5.41) is 0. The Hall–Kier alpha value is 0. The Morgan fingerprint density at radius 1 is 0.692 bits per heavy atom. The van der Waals surface area contributed by atoms with Crippen LogP contribution in [0.25, 0.3) is 0 Å². The van der Waals surface area contributed by atoms with Gasteiger partial charge in [-0.25, -0.2) is 0 Å². The summed E-state index contributed by atoms with van der Waals surface area (Å²) in [6.07, 6.45) is 12.9. The minimum Gasteiger partial charge on any atom is -0.0654 e. The van der Waals surface area contributed by atoms with Crippen LogP contribution in [-0.2, 0) is 0 Å². The lowest BCUT2D eigenvalue weighted by Crippen LogP contribution is -1.97. The summed E-state index contributed by atoms with van der Waals surface area (Å²) in [6.45, 7) is 6.93. The molecule has 0 aromatic rings. The molecule has 0 radical (unpaired) electrons. The summed E-state index contributed by atoms with van der Waals surface area (Å²) < 4.78 is 0. The lowest BCUT2D eigenvalue weighted by molar-refractivity contribution is 0.409. The minimum atomic E-state index is 1.02. The van der Waals surface area contributed by atoms with Crippen molar-refractivity contribution >= 4 is 0 Å². The zero-order chi connectivity index (χ0) is 9.94. The quantitative estimate of drug-likeness (QED) is 0.433. The van der Waals surface area contributed by atoms with Crippen molar-refractivity contribution < 1.29 is 0 Å². The number of hydrogen-bond acceptors (Lipinski definition) is 0. The number of unbranched alkanes of at least 4 members (excludes halogenated alkanes) is 4. The van der Waals surface area contributed by atoms with Crippen LogP contribution in [0.2, 0.25) is 0 Å². The molecule has 0 bridgehead atoms. The van der Waals surface area contributed by atoms with E-state index in [1.807, 2.05) is 0 Å². The first-order valence-corrected chi connectivity index (χ1v) is 6.35. The molecule has 0 aliphatic heterocycles. The van der Waals surface area contributed by atoms with Gasteiger partial charge in [0.2, 0.25) is 0 Å². The Morgan fingerprint density at radius 2 is 1.38 bits per heavy atom. The summed E-state index contributed by atoms with van der Waals surface area (Å²) in [7, 11) is 0. The Labute approximate surface area is 85.1 Å². The van der Waals surface area contributed by atoms with Crippen molar-refractivity contribution in [3.05, 3.63) is 0 Å². The molecule has 0 aliphatic carbocycles. The van der Waals surface area contributed by atoms with Crippen LogP contribution in [0.5, 0.6) is 0 Å². The summed E-state index contributed by atoms with van der Waals surface area (Å²) in [5.41, 5.74) is 0. The van der Waals surface area contributed by atoms with E-state index in [1.54, 1.807) is 0 Å². The summed E-state index contributed by atoms with van der Waals surface area (Å²) in [5.74, 6) is 1.02. The van der Waals surface area contributed by atoms with Crippen LogP contribution in [0.3, 0.4) is 0 Å². The van der Waals surface area contributed by atoms with Gasteiger partial charge in [0.05, 0.1) is 0 Å². The average molecular weight is 184 g/mol. The fourth-order valence-corrected chi connectivity index (χ4v) is 2.00. The highest BCUT2D eigenvalue weighted by Gasteiger charge is 2.03. The third-order valence-electron chi connectivity index (χ3n) is 2.99. The molecule has 0 aromatic heterocycles. The van der Waals surface area contributed by atoms with Crippen LogP contribution in [0, 0.1) is 5.92 Å². The van der Waals surface area contributed by atoms with Gasteiger partial charge in [0, 0.05) is 0 Å². The van der Waals surface area contributed by atoms with E-state index in [0.717, 1.165) is 5.92 Å². The normalized spacial score (nSPS) is 13.2. The first kappa shape index (κ1) is 13.0. The predicted octanol–water partition coefficient (Wildman–Crippen LogP) is 5.17. The summed E-state index contributed by atoms with van der Waals surface area (Å²) in [6, 6.07) is 0. The van der Waals surface area contributed by atoms with Crippen LogP contribution in [0.4, 0.5) is 0 Å². The summed E-state index contributed by atoms with van der Waals surface area (Å²) >= 11 is 0. The summed E-state index contributed by atoms with van der Waals surface area (Å²) in [4.78, 5) is 0. The first-order valence-electron chi connectivity index (χ1n) is 6.35. The topological polar surface area (TPSA) is 0 Å². The SMILES string of the molecule is CCCCCCCC(CC)CCC. The second-order valence-corrected chi connectivity index (χ2v) is 4.27. The maximum Gasteiger partial charge on any atom is -0.0417 e. The van der Waals surface area contributed by atoms with Crippen LogP contribution in [0.15, 0.2) is 0 Å². The monoisotopic (exact) mass is 184 g/mol. The molecule has 1 atom stereocenters. The zero-order valence-electron chi connectivity index (χ0n) is 9.94. The second-order valence-electron chi connectivity index (χ2n) is 4.27. The van der Waals surface area contributed by atoms with Crippen molar-refractivity contribution in [3.63, 3.8) is 0 Å². The predicted molar refractivity (Wildman–Crippen MR) is 62.1 cm³/mol. The lowest BCUT2D eigenvalue weighted by atomic mass is 9.94. The first-order chi connectivity index (χ1) is 6.35. The van der Waals surface area contributed by atoms with Crippen molar-refractivity contribution in [2.75, 3.05) is 0 Å². The van der Waals surface area contributed by atoms with Gasteiger partial charge >= 0.3 is 0 Å².